The first-order chi connectivity index (χ1) is 8.56. The Balaban J connectivity index is 2.04. The highest BCUT2D eigenvalue weighted by molar-refractivity contribution is 5.69. The predicted octanol–water partition coefficient (Wildman–Crippen LogP) is 3.14. The van der Waals surface area contributed by atoms with Gasteiger partial charge in [-0.15, -0.1) is 0 Å². The quantitative estimate of drug-likeness (QED) is 0.836. The Morgan fingerprint density at radius 3 is 2.11 bits per heavy atom. The summed E-state index contributed by atoms with van der Waals surface area (Å²) < 4.78 is 0. The summed E-state index contributed by atoms with van der Waals surface area (Å²) in [6.45, 7) is 4.88. The molecule has 0 spiro atoms. The number of aliphatic carboxylic acids is 1. The fourth-order valence-electron chi connectivity index (χ4n) is 4.12. The Morgan fingerprint density at radius 2 is 1.61 bits per heavy atom. The van der Waals surface area contributed by atoms with Crippen molar-refractivity contribution in [1.82, 2.24) is 4.90 Å². The van der Waals surface area contributed by atoms with Crippen LogP contribution in [0.1, 0.15) is 58.8 Å². The van der Waals surface area contributed by atoms with Crippen LogP contribution in [-0.2, 0) is 4.79 Å². The summed E-state index contributed by atoms with van der Waals surface area (Å²) in [5, 5.41) is 9.17. The number of nitrogens with zero attached hydrogens (tertiary/aromatic N) is 1. The summed E-state index contributed by atoms with van der Waals surface area (Å²) in [5.74, 6) is 0.834. The Bertz CT molecular complexity index is 276. The van der Waals surface area contributed by atoms with Crippen LogP contribution in [0.4, 0.5) is 0 Å². The van der Waals surface area contributed by atoms with Gasteiger partial charge in [0.25, 0.3) is 0 Å². The summed E-state index contributed by atoms with van der Waals surface area (Å²) >= 11 is 0. The standard InChI is InChI=1S/C15H27NO2/c1-11-7-12(2)9-14(8-11)16(10-15(17)18)13-5-3-4-6-13/h11-14H,3-10H2,1-2H3,(H,17,18). The normalized spacial score (nSPS) is 34.1. The van der Waals surface area contributed by atoms with E-state index in [-0.39, 0.29) is 6.54 Å². The lowest BCUT2D eigenvalue weighted by molar-refractivity contribution is -0.140. The second-order valence-corrected chi connectivity index (χ2v) is 6.58. The predicted molar refractivity (Wildman–Crippen MR) is 72.6 cm³/mol. The maximum Gasteiger partial charge on any atom is 0.317 e. The molecule has 2 aliphatic carbocycles. The summed E-state index contributed by atoms with van der Waals surface area (Å²) in [6.07, 6.45) is 8.64. The smallest absolute Gasteiger partial charge is 0.317 e. The Kier molecular flexibility index (Phi) is 4.66. The maximum atomic E-state index is 11.1. The molecule has 1 N–H and O–H groups in total. The van der Waals surface area contributed by atoms with E-state index in [1.807, 2.05) is 0 Å². The van der Waals surface area contributed by atoms with Crippen LogP contribution >= 0.6 is 0 Å². The van der Waals surface area contributed by atoms with E-state index in [0.29, 0.717) is 12.1 Å². The van der Waals surface area contributed by atoms with Crippen molar-refractivity contribution in [3.8, 4) is 0 Å². The zero-order valence-corrected chi connectivity index (χ0v) is 11.8. The van der Waals surface area contributed by atoms with Gasteiger partial charge in [0.05, 0.1) is 6.54 Å². The lowest BCUT2D eigenvalue weighted by atomic mass is 9.79. The minimum atomic E-state index is -0.659. The van der Waals surface area contributed by atoms with Crippen LogP contribution < -0.4 is 0 Å². The van der Waals surface area contributed by atoms with E-state index >= 15 is 0 Å². The van der Waals surface area contributed by atoms with Crippen molar-refractivity contribution >= 4 is 5.97 Å². The van der Waals surface area contributed by atoms with Crippen LogP contribution in [0.15, 0.2) is 0 Å². The van der Waals surface area contributed by atoms with Gasteiger partial charge in [-0.1, -0.05) is 26.7 Å². The van der Waals surface area contributed by atoms with E-state index in [1.54, 1.807) is 0 Å². The molecule has 2 aliphatic rings. The second kappa shape index (κ2) is 6.05. The fraction of sp³-hybridized carbons (Fsp3) is 0.933. The van der Waals surface area contributed by atoms with Crippen molar-refractivity contribution in [2.45, 2.75) is 70.9 Å². The highest BCUT2D eigenvalue weighted by Gasteiger charge is 2.34. The van der Waals surface area contributed by atoms with Crippen molar-refractivity contribution < 1.29 is 9.90 Å². The van der Waals surface area contributed by atoms with Crippen molar-refractivity contribution in [2.75, 3.05) is 6.54 Å². The number of carboxylic acids is 1. The Morgan fingerprint density at radius 1 is 1.06 bits per heavy atom. The molecule has 0 aromatic heterocycles. The number of carboxylic acid groups (broad SMARTS) is 1. The van der Waals surface area contributed by atoms with Gasteiger partial charge < -0.3 is 5.11 Å². The topological polar surface area (TPSA) is 40.5 Å². The Labute approximate surface area is 111 Å². The van der Waals surface area contributed by atoms with E-state index in [0.717, 1.165) is 11.8 Å². The number of rotatable bonds is 4. The summed E-state index contributed by atoms with van der Waals surface area (Å²) in [4.78, 5) is 13.5. The van der Waals surface area contributed by atoms with E-state index < -0.39 is 5.97 Å². The van der Waals surface area contributed by atoms with E-state index in [9.17, 15) is 4.79 Å². The molecule has 0 aromatic carbocycles. The van der Waals surface area contributed by atoms with Crippen molar-refractivity contribution in [2.24, 2.45) is 11.8 Å². The van der Waals surface area contributed by atoms with Crippen LogP contribution in [0.3, 0.4) is 0 Å². The largest absolute Gasteiger partial charge is 0.480 e. The molecule has 0 bridgehead atoms. The molecule has 2 fully saturated rings. The van der Waals surface area contributed by atoms with E-state index in [1.165, 1.54) is 44.9 Å². The molecular weight excluding hydrogens is 226 g/mol. The van der Waals surface area contributed by atoms with Gasteiger partial charge in [-0.3, -0.25) is 9.69 Å². The van der Waals surface area contributed by atoms with Gasteiger partial charge in [0, 0.05) is 12.1 Å². The Hall–Kier alpha value is -0.570. The SMILES string of the molecule is CC1CC(C)CC(N(CC(=O)O)C2CCCC2)C1. The van der Waals surface area contributed by atoms with Crippen LogP contribution in [0.25, 0.3) is 0 Å². The van der Waals surface area contributed by atoms with Gasteiger partial charge in [0.15, 0.2) is 0 Å². The second-order valence-electron chi connectivity index (χ2n) is 6.58. The molecule has 0 radical (unpaired) electrons. The molecule has 2 unspecified atom stereocenters. The number of hydrogen-bond acceptors (Lipinski definition) is 2. The molecule has 3 heteroatoms. The zero-order chi connectivity index (χ0) is 13.1. The van der Waals surface area contributed by atoms with Gasteiger partial charge in [-0.05, 0) is 43.9 Å². The molecule has 0 aromatic rings. The molecule has 2 saturated carbocycles. The number of carbonyl (C=O) groups is 1. The number of hydrogen-bond donors (Lipinski definition) is 1. The third-order valence-electron chi connectivity index (χ3n) is 4.73. The first-order valence-corrected chi connectivity index (χ1v) is 7.53. The van der Waals surface area contributed by atoms with Gasteiger partial charge in [0.1, 0.15) is 0 Å². The lowest BCUT2D eigenvalue weighted by Gasteiger charge is -2.41. The van der Waals surface area contributed by atoms with Crippen LogP contribution in [0.2, 0.25) is 0 Å². The van der Waals surface area contributed by atoms with Crippen molar-refractivity contribution in [3.63, 3.8) is 0 Å². The molecule has 0 heterocycles. The van der Waals surface area contributed by atoms with E-state index in [2.05, 4.69) is 18.7 Å². The van der Waals surface area contributed by atoms with Crippen LogP contribution in [0.5, 0.6) is 0 Å². The zero-order valence-electron chi connectivity index (χ0n) is 11.8. The fourth-order valence-corrected chi connectivity index (χ4v) is 4.12. The van der Waals surface area contributed by atoms with Gasteiger partial charge >= 0.3 is 5.97 Å². The minimum absolute atomic E-state index is 0.245. The summed E-state index contributed by atoms with van der Waals surface area (Å²) in [7, 11) is 0. The third kappa shape index (κ3) is 3.47. The molecule has 3 nitrogen and oxygen atoms in total. The van der Waals surface area contributed by atoms with Crippen LogP contribution in [0, 0.1) is 11.8 Å². The molecule has 0 amide bonds. The summed E-state index contributed by atoms with van der Waals surface area (Å²) in [5.41, 5.74) is 0. The first-order valence-electron chi connectivity index (χ1n) is 7.53. The first kappa shape index (κ1) is 13.9. The highest BCUT2D eigenvalue weighted by Crippen LogP contribution is 2.35. The minimum Gasteiger partial charge on any atom is -0.480 e. The molecule has 18 heavy (non-hydrogen) atoms. The highest BCUT2D eigenvalue weighted by atomic mass is 16.4. The van der Waals surface area contributed by atoms with Gasteiger partial charge in [-0.2, -0.15) is 0 Å². The van der Waals surface area contributed by atoms with Crippen molar-refractivity contribution in [1.29, 1.82) is 0 Å². The molecular formula is C15H27NO2. The molecule has 2 atom stereocenters. The molecule has 0 saturated heterocycles. The summed E-state index contributed by atoms with van der Waals surface area (Å²) in [6, 6.07) is 1.03. The van der Waals surface area contributed by atoms with Crippen LogP contribution in [-0.4, -0.2) is 34.6 Å². The molecule has 2 rings (SSSR count). The average molecular weight is 253 g/mol. The monoisotopic (exact) mass is 253 g/mol. The average Bonchev–Trinajstić information content (AvgIpc) is 2.77. The maximum absolute atomic E-state index is 11.1. The van der Waals surface area contributed by atoms with Gasteiger partial charge in [0.2, 0.25) is 0 Å². The molecule has 0 aliphatic heterocycles. The molecule has 104 valence electrons. The van der Waals surface area contributed by atoms with Crippen molar-refractivity contribution in [3.05, 3.63) is 0 Å². The van der Waals surface area contributed by atoms with E-state index in [4.69, 9.17) is 5.11 Å². The lowest BCUT2D eigenvalue weighted by Crippen LogP contribution is -2.47. The third-order valence-corrected chi connectivity index (χ3v) is 4.73. The van der Waals surface area contributed by atoms with Gasteiger partial charge in [-0.25, -0.2) is 0 Å².